The fourth-order valence-electron chi connectivity index (χ4n) is 0.453. The van der Waals surface area contributed by atoms with E-state index in [9.17, 15) is 10.4 Å². The zero-order chi connectivity index (χ0) is 7.28. The molecule has 0 amide bonds. The molecule has 54 valence electrons. The first-order valence-electron chi connectivity index (χ1n) is 2.81. The zero-order valence-electron chi connectivity index (χ0n) is 6.57. The second kappa shape index (κ2) is 7.11. The molecule has 5 nitrogen and oxygen atoms in total. The molecule has 0 spiro atoms. The molecular weight excluding hydrogens is 145 g/mol. The van der Waals surface area contributed by atoms with Gasteiger partial charge in [-0.25, -0.2) is 0 Å². The van der Waals surface area contributed by atoms with Gasteiger partial charge in [0.25, 0.3) is 0 Å². The maximum Gasteiger partial charge on any atom is 1.00 e. The molecule has 0 aromatic heterocycles. The van der Waals surface area contributed by atoms with Crippen LogP contribution in [0.3, 0.4) is 0 Å². The molecule has 0 saturated heterocycles. The minimum absolute atomic E-state index is 0. The Kier molecular flexibility index (Phi) is 9.00. The Morgan fingerprint density at radius 3 is 1.80 bits per heavy atom. The molecule has 10 heavy (non-hydrogen) atoms. The van der Waals surface area contributed by atoms with E-state index in [4.69, 9.17) is 0 Å². The van der Waals surface area contributed by atoms with Crippen LogP contribution in [-0.4, -0.2) is 23.1 Å². The van der Waals surface area contributed by atoms with Crippen LogP contribution in [-0.2, 0) is 0 Å². The summed E-state index contributed by atoms with van der Waals surface area (Å²) in [6.07, 6.45) is 0. The van der Waals surface area contributed by atoms with Crippen LogP contribution in [0.4, 0.5) is 0 Å². The Morgan fingerprint density at radius 1 is 1.30 bits per heavy atom. The summed E-state index contributed by atoms with van der Waals surface area (Å²) in [6.45, 7) is 4.79. The Bertz CT molecular complexity index is 101. The molecule has 0 aromatic carbocycles. The van der Waals surface area contributed by atoms with Gasteiger partial charge in [0.1, 0.15) is 13.1 Å². The second-order valence-electron chi connectivity index (χ2n) is 1.47. The topological polar surface area (TPSA) is 64.7 Å². The molecule has 0 saturated carbocycles. The van der Waals surface area contributed by atoms with Crippen molar-refractivity contribution in [3.05, 3.63) is 10.4 Å². The smallest absolute Gasteiger partial charge is 0.692 e. The molecule has 0 rings (SSSR count). The molecule has 0 N–H and O–H groups in total. The maximum atomic E-state index is 9.72. The van der Waals surface area contributed by atoms with E-state index in [0.717, 1.165) is 0 Å². The molecular formula is C4H10N3NaO2. The molecule has 0 atom stereocenters. The van der Waals surface area contributed by atoms with Crippen molar-refractivity contribution >= 4 is 0 Å². The van der Waals surface area contributed by atoms with Gasteiger partial charge >= 0.3 is 29.6 Å². The van der Waals surface area contributed by atoms with Crippen molar-refractivity contribution in [1.82, 2.24) is 5.01 Å². The van der Waals surface area contributed by atoms with Crippen LogP contribution in [0.2, 0.25) is 0 Å². The van der Waals surface area contributed by atoms with Crippen molar-refractivity contribution in [3.8, 4) is 0 Å². The Balaban J connectivity index is 0. The third kappa shape index (κ3) is 6.12. The summed E-state index contributed by atoms with van der Waals surface area (Å²) in [4.78, 5) is 0. The average Bonchev–Trinajstić information content (AvgIpc) is 1.82. The summed E-state index contributed by atoms with van der Waals surface area (Å²) in [5, 5.41) is 23.2. The molecule has 0 aliphatic carbocycles. The van der Waals surface area contributed by atoms with Gasteiger partial charge in [0, 0.05) is 0 Å². The van der Waals surface area contributed by atoms with Crippen LogP contribution in [0.15, 0.2) is 5.22 Å². The van der Waals surface area contributed by atoms with Crippen LogP contribution >= 0.6 is 0 Å². The largest absolute Gasteiger partial charge is 1.00 e. The van der Waals surface area contributed by atoms with Crippen molar-refractivity contribution < 1.29 is 34.6 Å². The monoisotopic (exact) mass is 155 g/mol. The molecule has 0 aliphatic rings. The molecule has 0 radical (unpaired) electrons. The summed E-state index contributed by atoms with van der Waals surface area (Å²) < 4.78 is 0. The van der Waals surface area contributed by atoms with Gasteiger partial charge in [-0.15, -0.1) is 0 Å². The van der Waals surface area contributed by atoms with E-state index >= 15 is 0 Å². The Hall–Kier alpha value is 0. The molecule has 0 aliphatic heterocycles. The van der Waals surface area contributed by atoms with Gasteiger partial charge in [-0.3, -0.25) is 0 Å². The average molecular weight is 155 g/mol. The van der Waals surface area contributed by atoms with Crippen molar-refractivity contribution in [1.29, 1.82) is 0 Å². The molecule has 0 fully saturated rings. The van der Waals surface area contributed by atoms with Crippen LogP contribution in [0.1, 0.15) is 13.8 Å². The van der Waals surface area contributed by atoms with E-state index in [1.165, 1.54) is 5.01 Å². The Morgan fingerprint density at radius 2 is 1.70 bits per heavy atom. The van der Waals surface area contributed by atoms with Gasteiger partial charge in [0.2, 0.25) is 0 Å². The molecule has 0 heterocycles. The van der Waals surface area contributed by atoms with E-state index in [0.29, 0.717) is 13.1 Å². The van der Waals surface area contributed by atoms with Crippen molar-refractivity contribution in [2.24, 2.45) is 5.22 Å². The number of nitrogens with zero attached hydrogens (tertiary/aromatic N) is 3. The van der Waals surface area contributed by atoms with E-state index in [-0.39, 0.29) is 29.6 Å². The first kappa shape index (κ1) is 12.7. The van der Waals surface area contributed by atoms with Gasteiger partial charge in [-0.05, 0) is 13.8 Å². The van der Waals surface area contributed by atoms with Crippen molar-refractivity contribution in [3.63, 3.8) is 0 Å². The van der Waals surface area contributed by atoms with Gasteiger partial charge in [0.15, 0.2) is 0 Å². The number of hydrogen-bond acceptors (Lipinski definition) is 3. The minimum Gasteiger partial charge on any atom is -0.692 e. The van der Waals surface area contributed by atoms with Crippen LogP contribution in [0.25, 0.3) is 0 Å². The minimum atomic E-state index is -0.688. The summed E-state index contributed by atoms with van der Waals surface area (Å²) in [5.41, 5.74) is 0. The van der Waals surface area contributed by atoms with Crippen molar-refractivity contribution in [2.45, 2.75) is 13.8 Å². The summed E-state index contributed by atoms with van der Waals surface area (Å²) >= 11 is 0. The SMILES string of the molecule is CCN(CC)N=[N+]([O-])[O-].[Na+]. The maximum absolute atomic E-state index is 9.72. The second-order valence-corrected chi connectivity index (χ2v) is 1.47. The molecule has 0 unspecified atom stereocenters. The normalized spacial score (nSPS) is 7.80. The summed E-state index contributed by atoms with van der Waals surface area (Å²) in [7, 11) is 0. The van der Waals surface area contributed by atoms with E-state index in [2.05, 4.69) is 5.22 Å². The fourth-order valence-corrected chi connectivity index (χ4v) is 0.453. The number of hydrogen-bond donors (Lipinski definition) is 0. The third-order valence-electron chi connectivity index (χ3n) is 0.930. The summed E-state index contributed by atoms with van der Waals surface area (Å²) in [5.74, 6) is 0. The predicted octanol–water partition coefficient (Wildman–Crippen LogP) is -2.29. The van der Waals surface area contributed by atoms with E-state index < -0.39 is 5.02 Å². The quantitative estimate of drug-likeness (QED) is 0.262. The third-order valence-corrected chi connectivity index (χ3v) is 0.930. The van der Waals surface area contributed by atoms with E-state index in [1.807, 2.05) is 13.8 Å². The van der Waals surface area contributed by atoms with Crippen LogP contribution in [0, 0.1) is 10.4 Å². The zero-order valence-corrected chi connectivity index (χ0v) is 8.57. The van der Waals surface area contributed by atoms with Gasteiger partial charge in [-0.2, -0.15) is 10.0 Å². The number of rotatable bonds is 3. The molecule has 0 bridgehead atoms. The molecule has 0 aromatic rings. The van der Waals surface area contributed by atoms with Crippen molar-refractivity contribution in [2.75, 3.05) is 13.1 Å². The first-order valence-corrected chi connectivity index (χ1v) is 2.81. The van der Waals surface area contributed by atoms with Gasteiger partial charge in [-0.1, -0.05) is 0 Å². The van der Waals surface area contributed by atoms with Crippen LogP contribution < -0.4 is 29.6 Å². The standard InChI is InChI=1S/C4H10N3O2.Na/c1-3-6(4-2)5-7(8)9;/h3-4H2,1-2H3;/q-1;+1. The van der Waals surface area contributed by atoms with Gasteiger partial charge < -0.3 is 10.4 Å². The predicted molar refractivity (Wildman–Crippen MR) is 32.3 cm³/mol. The summed E-state index contributed by atoms with van der Waals surface area (Å²) in [6, 6.07) is 0. The molecule has 6 heteroatoms. The first-order chi connectivity index (χ1) is 4.20. The van der Waals surface area contributed by atoms with E-state index in [1.54, 1.807) is 0 Å². The fraction of sp³-hybridized carbons (Fsp3) is 1.00. The van der Waals surface area contributed by atoms with Gasteiger partial charge in [0.05, 0.1) is 5.22 Å². The Labute approximate surface area is 82.1 Å². The van der Waals surface area contributed by atoms with Crippen LogP contribution in [0.5, 0.6) is 0 Å².